The van der Waals surface area contributed by atoms with Gasteiger partial charge in [-0.05, 0) is 56.9 Å². The van der Waals surface area contributed by atoms with E-state index in [1.165, 1.54) is 18.4 Å². The third-order valence-corrected chi connectivity index (χ3v) is 2.98. The van der Waals surface area contributed by atoms with Crippen LogP contribution in [0.15, 0.2) is 22.7 Å². The van der Waals surface area contributed by atoms with Crippen LogP contribution in [0.5, 0.6) is 5.75 Å². The van der Waals surface area contributed by atoms with Gasteiger partial charge in [0.2, 0.25) is 0 Å². The highest BCUT2D eigenvalue weighted by atomic mass is 79.9. The lowest BCUT2D eigenvalue weighted by atomic mass is 9.96. The van der Waals surface area contributed by atoms with Gasteiger partial charge in [0, 0.05) is 10.0 Å². The van der Waals surface area contributed by atoms with Gasteiger partial charge in [0.25, 0.3) is 0 Å². The summed E-state index contributed by atoms with van der Waals surface area (Å²) in [5.74, 6) is 0.990. The molecule has 1 aromatic carbocycles. The monoisotopic (exact) mass is 283 g/mol. The quantitative estimate of drug-likeness (QED) is 0.921. The molecule has 0 bridgehead atoms. The summed E-state index contributed by atoms with van der Waals surface area (Å²) < 4.78 is 6.96. The molecule has 3 heteroatoms. The van der Waals surface area contributed by atoms with Gasteiger partial charge in [-0.15, -0.1) is 0 Å². The molecule has 2 nitrogen and oxygen atoms in total. The van der Waals surface area contributed by atoms with Gasteiger partial charge in [0.15, 0.2) is 0 Å². The molecule has 2 N–H and O–H groups in total. The Hall–Kier alpha value is -0.540. The Morgan fingerprint density at radius 1 is 1.44 bits per heavy atom. The second-order valence-electron chi connectivity index (χ2n) is 5.23. The van der Waals surface area contributed by atoms with Crippen LogP contribution in [-0.2, 0) is 6.42 Å². The van der Waals surface area contributed by atoms with Crippen molar-refractivity contribution in [3.8, 4) is 5.75 Å². The lowest BCUT2D eigenvalue weighted by Crippen LogP contribution is -2.34. The highest BCUT2D eigenvalue weighted by Gasteiger charge is 2.25. The van der Waals surface area contributed by atoms with Crippen LogP contribution in [0, 0.1) is 0 Å². The fourth-order valence-electron chi connectivity index (χ4n) is 1.66. The smallest absolute Gasteiger partial charge is 0.123 e. The molecule has 0 atom stereocenters. The summed E-state index contributed by atoms with van der Waals surface area (Å²) in [6.07, 6.45) is 3.62. The molecule has 0 unspecified atom stereocenters. The van der Waals surface area contributed by atoms with Crippen LogP contribution in [0.4, 0.5) is 0 Å². The number of ether oxygens (including phenoxy) is 1. The number of halogens is 1. The summed E-state index contributed by atoms with van der Waals surface area (Å²) in [7, 11) is 0. The average Bonchev–Trinajstić information content (AvgIpc) is 2.91. The molecule has 1 saturated carbocycles. The Morgan fingerprint density at radius 3 is 2.69 bits per heavy atom. The standard InChI is InChI=1S/C13H18BrNO/c1-13(2,15)8-9-7-10(14)3-6-12(9)16-11-4-5-11/h3,6-7,11H,4-5,8,15H2,1-2H3. The normalized spacial score (nSPS) is 16.2. The second kappa shape index (κ2) is 4.38. The first-order chi connectivity index (χ1) is 7.44. The Labute approximate surface area is 105 Å². The van der Waals surface area contributed by atoms with E-state index >= 15 is 0 Å². The van der Waals surface area contributed by atoms with Crippen LogP contribution in [0.2, 0.25) is 0 Å². The summed E-state index contributed by atoms with van der Waals surface area (Å²) in [5, 5.41) is 0. The Bertz CT molecular complexity index is 380. The lowest BCUT2D eigenvalue weighted by molar-refractivity contribution is 0.297. The Balaban J connectivity index is 2.20. The van der Waals surface area contributed by atoms with Crippen LogP contribution < -0.4 is 10.5 Å². The average molecular weight is 284 g/mol. The maximum absolute atomic E-state index is 6.06. The van der Waals surface area contributed by atoms with Gasteiger partial charge < -0.3 is 10.5 Å². The molecule has 1 aliphatic carbocycles. The maximum atomic E-state index is 6.06. The molecule has 1 aliphatic rings. The maximum Gasteiger partial charge on any atom is 0.123 e. The molecule has 1 fully saturated rings. The van der Waals surface area contributed by atoms with Gasteiger partial charge in [0.05, 0.1) is 6.10 Å². The highest BCUT2D eigenvalue weighted by Crippen LogP contribution is 2.32. The van der Waals surface area contributed by atoms with Crippen molar-refractivity contribution in [2.75, 3.05) is 0 Å². The van der Waals surface area contributed by atoms with E-state index in [1.807, 2.05) is 26.0 Å². The summed E-state index contributed by atoms with van der Waals surface area (Å²) in [4.78, 5) is 0. The van der Waals surface area contributed by atoms with Crippen molar-refractivity contribution in [3.63, 3.8) is 0 Å². The predicted octanol–water partition coefficient (Wildman–Crippen LogP) is 3.27. The van der Waals surface area contributed by atoms with E-state index in [4.69, 9.17) is 10.5 Å². The molecule has 0 radical (unpaired) electrons. The van der Waals surface area contributed by atoms with E-state index in [2.05, 4.69) is 22.0 Å². The molecule has 0 amide bonds. The lowest BCUT2D eigenvalue weighted by Gasteiger charge is -2.21. The van der Waals surface area contributed by atoms with Crippen molar-refractivity contribution in [1.29, 1.82) is 0 Å². The van der Waals surface area contributed by atoms with Gasteiger partial charge in [-0.3, -0.25) is 0 Å². The van der Waals surface area contributed by atoms with Crippen LogP contribution >= 0.6 is 15.9 Å². The molecule has 0 heterocycles. The fraction of sp³-hybridized carbons (Fsp3) is 0.538. The molecule has 16 heavy (non-hydrogen) atoms. The van der Waals surface area contributed by atoms with Crippen molar-refractivity contribution < 1.29 is 4.74 Å². The molecule has 0 aromatic heterocycles. The molecule has 0 saturated heterocycles. The summed E-state index contributed by atoms with van der Waals surface area (Å²) in [5.41, 5.74) is 7.04. The first kappa shape index (κ1) is 11.9. The Kier molecular flexibility index (Phi) is 3.27. The topological polar surface area (TPSA) is 35.2 Å². The Morgan fingerprint density at radius 2 is 2.12 bits per heavy atom. The first-order valence-electron chi connectivity index (χ1n) is 5.68. The number of hydrogen-bond acceptors (Lipinski definition) is 2. The SMILES string of the molecule is CC(C)(N)Cc1cc(Br)ccc1OC1CC1. The van der Waals surface area contributed by atoms with Gasteiger partial charge in [0.1, 0.15) is 5.75 Å². The van der Waals surface area contributed by atoms with Crippen molar-refractivity contribution in [2.24, 2.45) is 5.73 Å². The summed E-state index contributed by atoms with van der Waals surface area (Å²) in [6.45, 7) is 4.07. The minimum Gasteiger partial charge on any atom is -0.490 e. The molecular weight excluding hydrogens is 266 g/mol. The van der Waals surface area contributed by atoms with Gasteiger partial charge in [-0.2, -0.15) is 0 Å². The zero-order chi connectivity index (χ0) is 11.8. The van der Waals surface area contributed by atoms with Crippen LogP contribution in [0.25, 0.3) is 0 Å². The van der Waals surface area contributed by atoms with E-state index in [0.29, 0.717) is 6.10 Å². The highest BCUT2D eigenvalue weighted by molar-refractivity contribution is 9.10. The minimum absolute atomic E-state index is 0.206. The first-order valence-corrected chi connectivity index (χ1v) is 6.47. The van der Waals surface area contributed by atoms with E-state index in [0.717, 1.165) is 16.6 Å². The van der Waals surface area contributed by atoms with Crippen molar-refractivity contribution in [2.45, 2.75) is 44.8 Å². The number of benzene rings is 1. The van der Waals surface area contributed by atoms with E-state index in [9.17, 15) is 0 Å². The number of hydrogen-bond donors (Lipinski definition) is 1. The van der Waals surface area contributed by atoms with Crippen LogP contribution in [-0.4, -0.2) is 11.6 Å². The number of rotatable bonds is 4. The van der Waals surface area contributed by atoms with Crippen molar-refractivity contribution >= 4 is 15.9 Å². The second-order valence-corrected chi connectivity index (χ2v) is 6.15. The van der Waals surface area contributed by atoms with Crippen molar-refractivity contribution in [3.05, 3.63) is 28.2 Å². The molecule has 88 valence electrons. The molecular formula is C13H18BrNO. The molecule has 0 spiro atoms. The minimum atomic E-state index is -0.206. The molecule has 2 rings (SSSR count). The van der Waals surface area contributed by atoms with Gasteiger partial charge in [-0.1, -0.05) is 15.9 Å². The summed E-state index contributed by atoms with van der Waals surface area (Å²) in [6, 6.07) is 6.15. The summed E-state index contributed by atoms with van der Waals surface area (Å²) >= 11 is 3.49. The zero-order valence-corrected chi connectivity index (χ0v) is 11.4. The fourth-order valence-corrected chi connectivity index (χ4v) is 2.07. The zero-order valence-electron chi connectivity index (χ0n) is 9.79. The van der Waals surface area contributed by atoms with Crippen LogP contribution in [0.3, 0.4) is 0 Å². The van der Waals surface area contributed by atoms with Crippen LogP contribution in [0.1, 0.15) is 32.3 Å². The van der Waals surface area contributed by atoms with E-state index in [1.54, 1.807) is 0 Å². The van der Waals surface area contributed by atoms with Gasteiger partial charge in [-0.25, -0.2) is 0 Å². The third kappa shape index (κ3) is 3.49. The predicted molar refractivity (Wildman–Crippen MR) is 69.8 cm³/mol. The molecule has 1 aromatic rings. The van der Waals surface area contributed by atoms with Crippen molar-refractivity contribution in [1.82, 2.24) is 0 Å². The number of nitrogens with two attached hydrogens (primary N) is 1. The van der Waals surface area contributed by atoms with E-state index in [-0.39, 0.29) is 5.54 Å². The van der Waals surface area contributed by atoms with Gasteiger partial charge >= 0.3 is 0 Å². The van der Waals surface area contributed by atoms with E-state index < -0.39 is 0 Å². The third-order valence-electron chi connectivity index (χ3n) is 2.49. The largest absolute Gasteiger partial charge is 0.490 e. The molecule has 0 aliphatic heterocycles.